The van der Waals surface area contributed by atoms with Gasteiger partial charge in [-0.05, 0) is 49.9 Å². The molecule has 170 valence electrons. The number of rotatable bonds is 8. The standard InChI is InChI=1S/C24H29N3O5/c1-3-17-10-5-7-13-20(17)32-16-22(28)25-26-23(29)19-12-9-15-27(19)24(30)18-11-6-8-14-21(18)31-4-2/h5-8,10-11,13-14,19H,3-4,9,12,15-16H2,1-2H3,(H,25,28)(H,26,29). The van der Waals surface area contributed by atoms with E-state index in [0.29, 0.717) is 43.1 Å². The van der Waals surface area contributed by atoms with E-state index in [-0.39, 0.29) is 12.5 Å². The van der Waals surface area contributed by atoms with Crippen molar-refractivity contribution in [3.8, 4) is 11.5 Å². The van der Waals surface area contributed by atoms with Gasteiger partial charge in [-0.15, -0.1) is 0 Å². The molecule has 0 saturated carbocycles. The lowest BCUT2D eigenvalue weighted by atomic mass is 10.1. The lowest BCUT2D eigenvalue weighted by Crippen LogP contribution is -2.52. The van der Waals surface area contributed by atoms with Crippen molar-refractivity contribution in [2.45, 2.75) is 39.2 Å². The maximum absolute atomic E-state index is 13.1. The summed E-state index contributed by atoms with van der Waals surface area (Å²) in [5, 5.41) is 0. The monoisotopic (exact) mass is 439 g/mol. The Balaban J connectivity index is 1.55. The van der Waals surface area contributed by atoms with Crippen molar-refractivity contribution in [2.75, 3.05) is 19.8 Å². The molecular formula is C24H29N3O5. The molecule has 2 N–H and O–H groups in total. The number of para-hydroxylation sites is 2. The number of ether oxygens (including phenoxy) is 2. The fourth-order valence-corrected chi connectivity index (χ4v) is 3.69. The molecule has 1 fully saturated rings. The molecule has 0 radical (unpaired) electrons. The third-order valence-corrected chi connectivity index (χ3v) is 5.27. The molecule has 8 heteroatoms. The molecule has 1 atom stereocenters. The largest absolute Gasteiger partial charge is 0.493 e. The van der Waals surface area contributed by atoms with Gasteiger partial charge in [0, 0.05) is 6.54 Å². The second kappa shape index (κ2) is 11.2. The highest BCUT2D eigenvalue weighted by Crippen LogP contribution is 2.25. The van der Waals surface area contributed by atoms with E-state index >= 15 is 0 Å². The minimum Gasteiger partial charge on any atom is -0.493 e. The van der Waals surface area contributed by atoms with Crippen LogP contribution in [-0.2, 0) is 16.0 Å². The van der Waals surface area contributed by atoms with Gasteiger partial charge in [0.05, 0.1) is 12.2 Å². The third-order valence-electron chi connectivity index (χ3n) is 5.27. The smallest absolute Gasteiger partial charge is 0.276 e. The van der Waals surface area contributed by atoms with Gasteiger partial charge < -0.3 is 14.4 Å². The van der Waals surface area contributed by atoms with E-state index in [2.05, 4.69) is 10.9 Å². The summed E-state index contributed by atoms with van der Waals surface area (Å²) in [4.78, 5) is 39.4. The molecule has 1 aliphatic heterocycles. The molecular weight excluding hydrogens is 410 g/mol. The van der Waals surface area contributed by atoms with Gasteiger partial charge in [-0.3, -0.25) is 25.2 Å². The Morgan fingerprint density at radius 3 is 2.44 bits per heavy atom. The highest BCUT2D eigenvalue weighted by atomic mass is 16.5. The molecule has 0 bridgehead atoms. The summed E-state index contributed by atoms with van der Waals surface area (Å²) >= 11 is 0. The van der Waals surface area contributed by atoms with Gasteiger partial charge >= 0.3 is 0 Å². The van der Waals surface area contributed by atoms with E-state index in [1.54, 1.807) is 30.3 Å². The summed E-state index contributed by atoms with van der Waals surface area (Å²) < 4.78 is 11.1. The van der Waals surface area contributed by atoms with Crippen LogP contribution in [0.3, 0.4) is 0 Å². The number of hydrogen-bond donors (Lipinski definition) is 2. The fourth-order valence-electron chi connectivity index (χ4n) is 3.69. The Kier molecular flexibility index (Phi) is 8.08. The number of benzene rings is 2. The van der Waals surface area contributed by atoms with Crippen LogP contribution in [0, 0.1) is 0 Å². The zero-order valence-electron chi connectivity index (χ0n) is 18.4. The molecule has 0 aromatic heterocycles. The van der Waals surface area contributed by atoms with Crippen LogP contribution in [0.15, 0.2) is 48.5 Å². The van der Waals surface area contributed by atoms with Gasteiger partial charge in [0.1, 0.15) is 17.5 Å². The molecule has 0 aliphatic carbocycles. The van der Waals surface area contributed by atoms with E-state index in [9.17, 15) is 14.4 Å². The SMILES string of the molecule is CCOc1ccccc1C(=O)N1CCCC1C(=O)NNC(=O)COc1ccccc1CC. The van der Waals surface area contributed by atoms with Crippen molar-refractivity contribution in [3.05, 3.63) is 59.7 Å². The summed E-state index contributed by atoms with van der Waals surface area (Å²) in [5.74, 6) is -0.0627. The molecule has 2 aromatic carbocycles. The second-order valence-corrected chi connectivity index (χ2v) is 7.37. The van der Waals surface area contributed by atoms with Crippen molar-refractivity contribution < 1.29 is 23.9 Å². The van der Waals surface area contributed by atoms with Crippen LogP contribution in [0.5, 0.6) is 11.5 Å². The van der Waals surface area contributed by atoms with Crippen LogP contribution in [0.2, 0.25) is 0 Å². The lowest BCUT2D eigenvalue weighted by molar-refractivity contribution is -0.131. The van der Waals surface area contributed by atoms with E-state index in [1.807, 2.05) is 32.0 Å². The summed E-state index contributed by atoms with van der Waals surface area (Å²) in [6, 6.07) is 13.8. The molecule has 3 amide bonds. The lowest BCUT2D eigenvalue weighted by Gasteiger charge is -2.25. The van der Waals surface area contributed by atoms with E-state index in [1.165, 1.54) is 4.90 Å². The fraction of sp³-hybridized carbons (Fsp3) is 0.375. The third kappa shape index (κ3) is 5.57. The number of nitrogens with one attached hydrogen (secondary N) is 2. The number of aryl methyl sites for hydroxylation is 1. The Hall–Kier alpha value is -3.55. The van der Waals surface area contributed by atoms with Gasteiger partial charge in [0.2, 0.25) is 0 Å². The minimum absolute atomic E-state index is 0.230. The van der Waals surface area contributed by atoms with Crippen molar-refractivity contribution in [1.29, 1.82) is 0 Å². The van der Waals surface area contributed by atoms with Crippen molar-refractivity contribution >= 4 is 17.7 Å². The zero-order chi connectivity index (χ0) is 22.9. The quantitative estimate of drug-likeness (QED) is 0.616. The highest BCUT2D eigenvalue weighted by molar-refractivity contribution is 6.00. The Morgan fingerprint density at radius 2 is 1.69 bits per heavy atom. The molecule has 1 unspecified atom stereocenters. The first kappa shape index (κ1) is 23.1. The summed E-state index contributed by atoms with van der Waals surface area (Å²) in [7, 11) is 0. The molecule has 32 heavy (non-hydrogen) atoms. The average Bonchev–Trinajstić information content (AvgIpc) is 3.31. The van der Waals surface area contributed by atoms with Crippen molar-refractivity contribution in [1.82, 2.24) is 15.8 Å². The summed E-state index contributed by atoms with van der Waals surface area (Å²) in [6.07, 6.45) is 2.00. The van der Waals surface area contributed by atoms with E-state index in [4.69, 9.17) is 9.47 Å². The average molecular weight is 440 g/mol. The Bertz CT molecular complexity index is 962. The van der Waals surface area contributed by atoms with Gasteiger partial charge in [-0.25, -0.2) is 0 Å². The highest BCUT2D eigenvalue weighted by Gasteiger charge is 2.35. The predicted octanol–water partition coefficient (Wildman–Crippen LogP) is 2.48. The van der Waals surface area contributed by atoms with E-state index < -0.39 is 17.9 Å². The first-order valence-electron chi connectivity index (χ1n) is 10.9. The second-order valence-electron chi connectivity index (χ2n) is 7.37. The summed E-state index contributed by atoms with van der Waals surface area (Å²) in [5.41, 5.74) is 6.21. The maximum Gasteiger partial charge on any atom is 0.276 e. The van der Waals surface area contributed by atoms with E-state index in [0.717, 1.165) is 12.0 Å². The van der Waals surface area contributed by atoms with Crippen molar-refractivity contribution in [3.63, 3.8) is 0 Å². The van der Waals surface area contributed by atoms with Crippen LogP contribution in [0.1, 0.15) is 42.6 Å². The van der Waals surface area contributed by atoms with Gasteiger partial charge in [0.15, 0.2) is 6.61 Å². The topological polar surface area (TPSA) is 97.0 Å². The molecule has 1 heterocycles. The van der Waals surface area contributed by atoms with Crippen LogP contribution in [0.25, 0.3) is 0 Å². The maximum atomic E-state index is 13.1. The molecule has 3 rings (SSSR count). The number of likely N-dealkylation sites (tertiary alicyclic amines) is 1. The number of carbonyl (C=O) groups excluding carboxylic acids is 3. The number of nitrogens with zero attached hydrogens (tertiary/aromatic N) is 1. The number of amides is 3. The number of hydrazine groups is 1. The molecule has 2 aromatic rings. The van der Waals surface area contributed by atoms with Gasteiger partial charge in [0.25, 0.3) is 17.7 Å². The van der Waals surface area contributed by atoms with Crippen LogP contribution < -0.4 is 20.3 Å². The first-order valence-corrected chi connectivity index (χ1v) is 10.9. The van der Waals surface area contributed by atoms with Gasteiger partial charge in [-0.2, -0.15) is 0 Å². The summed E-state index contributed by atoms with van der Waals surface area (Å²) in [6.45, 7) is 4.52. The van der Waals surface area contributed by atoms with Crippen LogP contribution in [-0.4, -0.2) is 48.4 Å². The predicted molar refractivity (Wildman–Crippen MR) is 119 cm³/mol. The Morgan fingerprint density at radius 1 is 0.969 bits per heavy atom. The molecule has 1 aliphatic rings. The van der Waals surface area contributed by atoms with Crippen LogP contribution in [0.4, 0.5) is 0 Å². The van der Waals surface area contributed by atoms with Crippen molar-refractivity contribution in [2.24, 2.45) is 0 Å². The molecule has 1 saturated heterocycles. The molecule has 8 nitrogen and oxygen atoms in total. The van der Waals surface area contributed by atoms with Crippen LogP contribution >= 0.6 is 0 Å². The zero-order valence-corrected chi connectivity index (χ0v) is 18.4. The normalized spacial score (nSPS) is 15.2. The number of hydrogen-bond acceptors (Lipinski definition) is 5. The number of carbonyl (C=O) groups is 3. The van der Waals surface area contributed by atoms with Gasteiger partial charge in [-0.1, -0.05) is 37.3 Å². The first-order chi connectivity index (χ1) is 15.5. The molecule has 0 spiro atoms. The Labute approximate surface area is 187 Å². The minimum atomic E-state index is -0.667.